The Morgan fingerprint density at radius 2 is 1.39 bits per heavy atom. The highest BCUT2D eigenvalue weighted by atomic mass is 79.9. The summed E-state index contributed by atoms with van der Waals surface area (Å²) in [5.74, 6) is -0.0691. The number of nitrogens with zero attached hydrogens (tertiary/aromatic N) is 1. The van der Waals surface area contributed by atoms with Crippen molar-refractivity contribution in [1.82, 2.24) is 4.31 Å². The first-order valence-corrected chi connectivity index (χ1v) is 10.8. The fourth-order valence-corrected chi connectivity index (χ4v) is 5.01. The van der Waals surface area contributed by atoms with E-state index in [0.717, 1.165) is 8.78 Å². The van der Waals surface area contributed by atoms with Crippen molar-refractivity contribution in [2.75, 3.05) is 0 Å². The monoisotopic (exact) mass is 457 g/mol. The van der Waals surface area contributed by atoms with E-state index >= 15 is 0 Å². The van der Waals surface area contributed by atoms with Gasteiger partial charge in [0.15, 0.2) is 0 Å². The van der Waals surface area contributed by atoms with Crippen molar-refractivity contribution in [3.63, 3.8) is 0 Å². The van der Waals surface area contributed by atoms with Gasteiger partial charge < -0.3 is 4.74 Å². The van der Waals surface area contributed by atoms with E-state index in [-0.39, 0.29) is 4.90 Å². The first-order valence-electron chi connectivity index (χ1n) is 8.59. The summed E-state index contributed by atoms with van der Waals surface area (Å²) in [7, 11) is -3.99. The summed E-state index contributed by atoms with van der Waals surface area (Å²) >= 11 is 3.38. The Morgan fingerprint density at radius 1 is 0.821 bits per heavy atom. The van der Waals surface area contributed by atoms with Crippen LogP contribution in [0.3, 0.4) is 0 Å². The van der Waals surface area contributed by atoms with Crippen molar-refractivity contribution in [2.24, 2.45) is 0 Å². The molecule has 1 saturated heterocycles. The fraction of sp³-hybridized carbons (Fsp3) is 0.0952. The highest BCUT2D eigenvalue weighted by molar-refractivity contribution is 9.10. The van der Waals surface area contributed by atoms with Crippen LogP contribution in [0, 0.1) is 0 Å². The maximum atomic E-state index is 13.1. The number of hydrogen-bond donors (Lipinski definition) is 0. The molecular weight excluding hydrogens is 442 g/mol. The fourth-order valence-electron chi connectivity index (χ4n) is 3.14. The lowest BCUT2D eigenvalue weighted by Gasteiger charge is -2.45. The SMILES string of the molecule is O=C1[C@@H](Oc2ccccc2)[C@@H](c2ccc(Br)cc2)N1S(=O)(=O)c1ccccc1. The summed E-state index contributed by atoms with van der Waals surface area (Å²) in [5, 5.41) is 0. The maximum Gasteiger partial charge on any atom is 0.280 e. The second-order valence-corrected chi connectivity index (χ2v) is 9.03. The molecule has 7 heteroatoms. The normalized spacial score (nSPS) is 19.2. The second kappa shape index (κ2) is 7.41. The van der Waals surface area contributed by atoms with Crippen LogP contribution >= 0.6 is 15.9 Å². The summed E-state index contributed by atoms with van der Waals surface area (Å²) in [5.41, 5.74) is 0.684. The molecule has 0 bridgehead atoms. The zero-order valence-corrected chi connectivity index (χ0v) is 17.0. The van der Waals surface area contributed by atoms with Crippen LogP contribution in [0.1, 0.15) is 11.6 Å². The van der Waals surface area contributed by atoms with Crippen LogP contribution < -0.4 is 4.74 Å². The topological polar surface area (TPSA) is 63.7 Å². The number of sulfonamides is 1. The standard InChI is InChI=1S/C21H16BrNO4S/c22-16-13-11-15(12-14-16)19-20(27-17-7-3-1-4-8-17)21(24)23(19)28(25,26)18-9-5-2-6-10-18/h1-14,19-20H/t19-,20+/m1/s1. The number of halogens is 1. The number of β-lactam (4-membered cyclic amide) rings is 1. The molecule has 1 aliphatic heterocycles. The molecule has 0 spiro atoms. The summed E-state index contributed by atoms with van der Waals surface area (Å²) in [6.45, 7) is 0. The number of benzene rings is 3. The molecule has 0 saturated carbocycles. The molecule has 4 rings (SSSR count). The van der Waals surface area contributed by atoms with Crippen molar-refractivity contribution in [3.8, 4) is 5.75 Å². The Kier molecular flexibility index (Phi) is 4.95. The molecule has 1 heterocycles. The zero-order chi connectivity index (χ0) is 19.7. The predicted molar refractivity (Wildman–Crippen MR) is 108 cm³/mol. The molecule has 142 valence electrons. The van der Waals surface area contributed by atoms with Crippen molar-refractivity contribution in [2.45, 2.75) is 17.0 Å². The van der Waals surface area contributed by atoms with Crippen molar-refractivity contribution >= 4 is 31.9 Å². The van der Waals surface area contributed by atoms with Gasteiger partial charge in [-0.15, -0.1) is 0 Å². The summed E-state index contributed by atoms with van der Waals surface area (Å²) in [6, 6.07) is 23.3. The molecule has 3 aromatic rings. The number of para-hydroxylation sites is 1. The van der Waals surface area contributed by atoms with Gasteiger partial charge in [0.25, 0.3) is 15.9 Å². The van der Waals surface area contributed by atoms with Gasteiger partial charge >= 0.3 is 0 Å². The molecule has 3 aromatic carbocycles. The van der Waals surface area contributed by atoms with Crippen LogP contribution in [0.2, 0.25) is 0 Å². The van der Waals surface area contributed by atoms with Crippen LogP contribution in [0.25, 0.3) is 0 Å². The van der Waals surface area contributed by atoms with E-state index in [0.29, 0.717) is 11.3 Å². The quantitative estimate of drug-likeness (QED) is 0.539. The summed E-state index contributed by atoms with van der Waals surface area (Å²) in [4.78, 5) is 12.9. The minimum absolute atomic E-state index is 0.0728. The second-order valence-electron chi connectivity index (χ2n) is 6.30. The molecule has 0 unspecified atom stereocenters. The minimum atomic E-state index is -3.99. The molecule has 1 fully saturated rings. The lowest BCUT2D eigenvalue weighted by molar-refractivity contribution is -0.153. The molecular formula is C21H16BrNO4S. The average molecular weight is 458 g/mol. The molecule has 0 N–H and O–H groups in total. The maximum absolute atomic E-state index is 13.1. The Hall–Kier alpha value is -2.64. The van der Waals surface area contributed by atoms with E-state index in [4.69, 9.17) is 4.74 Å². The number of ether oxygens (including phenoxy) is 1. The third kappa shape index (κ3) is 3.31. The first kappa shape index (κ1) is 18.7. The Labute approximate surface area is 171 Å². The number of carbonyl (C=O) groups excluding carboxylic acids is 1. The third-order valence-electron chi connectivity index (χ3n) is 4.52. The number of amides is 1. The van der Waals surface area contributed by atoms with Gasteiger partial charge in [-0.2, -0.15) is 0 Å². The minimum Gasteiger partial charge on any atom is -0.478 e. The highest BCUT2D eigenvalue weighted by Crippen LogP contribution is 2.42. The van der Waals surface area contributed by atoms with Crippen LogP contribution in [-0.2, 0) is 14.8 Å². The average Bonchev–Trinajstić information content (AvgIpc) is 2.72. The van der Waals surface area contributed by atoms with E-state index in [1.54, 1.807) is 54.6 Å². The van der Waals surface area contributed by atoms with E-state index in [2.05, 4.69) is 15.9 Å². The molecule has 0 aromatic heterocycles. The smallest absolute Gasteiger partial charge is 0.280 e. The van der Waals surface area contributed by atoms with Crippen LogP contribution in [0.5, 0.6) is 5.75 Å². The third-order valence-corrected chi connectivity index (χ3v) is 6.84. The van der Waals surface area contributed by atoms with Gasteiger partial charge in [-0.1, -0.05) is 64.5 Å². The number of hydrogen-bond acceptors (Lipinski definition) is 4. The van der Waals surface area contributed by atoms with Crippen LogP contribution in [-0.4, -0.2) is 24.7 Å². The lowest BCUT2D eigenvalue weighted by atomic mass is 9.94. The molecule has 5 nitrogen and oxygen atoms in total. The van der Waals surface area contributed by atoms with Gasteiger partial charge in [-0.05, 0) is 42.0 Å². The predicted octanol–water partition coefficient (Wildman–Crippen LogP) is 4.17. The molecule has 2 atom stereocenters. The highest BCUT2D eigenvalue weighted by Gasteiger charge is 2.56. The molecule has 0 radical (unpaired) electrons. The van der Waals surface area contributed by atoms with Gasteiger partial charge in [0.2, 0.25) is 6.10 Å². The van der Waals surface area contributed by atoms with Crippen LogP contribution in [0.4, 0.5) is 0 Å². The Balaban J connectivity index is 1.73. The van der Waals surface area contributed by atoms with E-state index in [9.17, 15) is 13.2 Å². The van der Waals surface area contributed by atoms with E-state index < -0.39 is 28.1 Å². The van der Waals surface area contributed by atoms with Gasteiger partial charge in [-0.3, -0.25) is 4.79 Å². The first-order chi connectivity index (χ1) is 13.5. The van der Waals surface area contributed by atoms with Gasteiger partial charge in [0.05, 0.1) is 4.90 Å². The molecule has 1 aliphatic rings. The molecule has 28 heavy (non-hydrogen) atoms. The number of carbonyl (C=O) groups is 1. The summed E-state index contributed by atoms with van der Waals surface area (Å²) in [6.07, 6.45) is -0.915. The largest absolute Gasteiger partial charge is 0.478 e. The molecule has 0 aliphatic carbocycles. The summed E-state index contributed by atoms with van der Waals surface area (Å²) < 4.78 is 33.9. The number of rotatable bonds is 5. The Morgan fingerprint density at radius 3 is 2.00 bits per heavy atom. The van der Waals surface area contributed by atoms with Gasteiger partial charge in [0.1, 0.15) is 11.8 Å². The zero-order valence-electron chi connectivity index (χ0n) is 14.6. The van der Waals surface area contributed by atoms with E-state index in [1.807, 2.05) is 18.2 Å². The van der Waals surface area contributed by atoms with Crippen LogP contribution in [0.15, 0.2) is 94.3 Å². The lowest BCUT2D eigenvalue weighted by Crippen LogP contribution is -2.63. The van der Waals surface area contributed by atoms with Crippen molar-refractivity contribution in [1.29, 1.82) is 0 Å². The van der Waals surface area contributed by atoms with Gasteiger partial charge in [0, 0.05) is 4.47 Å². The van der Waals surface area contributed by atoms with E-state index in [1.165, 1.54) is 12.1 Å². The van der Waals surface area contributed by atoms with Gasteiger partial charge in [-0.25, -0.2) is 12.7 Å². The molecule has 1 amide bonds. The Bertz CT molecular complexity index is 1090. The van der Waals surface area contributed by atoms with Crippen molar-refractivity contribution in [3.05, 3.63) is 95.0 Å². The van der Waals surface area contributed by atoms with Crippen molar-refractivity contribution < 1.29 is 17.9 Å².